The maximum absolute atomic E-state index is 8.42. The predicted molar refractivity (Wildman–Crippen MR) is 41.1 cm³/mol. The molecule has 0 fully saturated rings. The standard InChI is InChI=1S/CH2O3.BO3.5H3N/c2*2-1(3)4;;;;;/h(H2,2,3,4);;5*1H3/q;-3;;;;;/p+3. The van der Waals surface area contributed by atoms with Crippen molar-refractivity contribution in [2.24, 2.45) is 0 Å². The van der Waals surface area contributed by atoms with Crippen LogP contribution >= 0.6 is 0 Å². The summed E-state index contributed by atoms with van der Waals surface area (Å²) < 4.78 is 0. The van der Waals surface area contributed by atoms with Crippen LogP contribution in [0.2, 0.25) is 0 Å². The van der Waals surface area contributed by atoms with Crippen LogP contribution in [0.25, 0.3) is 0 Å². The SMILES string of the molecule is O=C([O-])[O-].[NH4+].[NH4+].[NH4+].[NH4+].[NH4+].[O-]B([O-])[O-]. The highest BCUT2D eigenvalue weighted by Gasteiger charge is 1.26. The second-order valence-electron chi connectivity index (χ2n) is 0.539. The van der Waals surface area contributed by atoms with Gasteiger partial charge in [-0.2, -0.15) is 0 Å². The van der Waals surface area contributed by atoms with E-state index in [0.29, 0.717) is 0 Å². The van der Waals surface area contributed by atoms with Gasteiger partial charge in [-0.25, -0.2) is 0 Å². The normalized spacial score (nSPS) is 3.92. The van der Waals surface area contributed by atoms with Gasteiger partial charge in [0, 0.05) is 0 Å². The fourth-order valence-electron chi connectivity index (χ4n) is 0. The van der Waals surface area contributed by atoms with Crippen molar-refractivity contribution < 1.29 is 30.1 Å². The van der Waals surface area contributed by atoms with Crippen molar-refractivity contribution in [1.82, 2.24) is 30.8 Å². The minimum Gasteiger partial charge on any atom is -0.907 e. The molecule has 11 nitrogen and oxygen atoms in total. The third-order valence-corrected chi connectivity index (χ3v) is 0. The second-order valence-corrected chi connectivity index (χ2v) is 0.539. The van der Waals surface area contributed by atoms with E-state index in [1.807, 2.05) is 0 Å². The minimum absolute atomic E-state index is 0. The molecule has 0 aromatic carbocycles. The van der Waals surface area contributed by atoms with Gasteiger partial charge < -0.3 is 60.8 Å². The van der Waals surface area contributed by atoms with Gasteiger partial charge in [-0.15, -0.1) is 0 Å². The minimum atomic E-state index is -2.92. The summed E-state index contributed by atoms with van der Waals surface area (Å²) >= 11 is 0. The van der Waals surface area contributed by atoms with Gasteiger partial charge in [0.25, 0.3) is 0 Å². The van der Waals surface area contributed by atoms with E-state index in [1.54, 1.807) is 0 Å². The zero-order valence-corrected chi connectivity index (χ0v) is 8.53. The van der Waals surface area contributed by atoms with Gasteiger partial charge in [-0.3, -0.25) is 7.32 Å². The fraction of sp³-hybridized carbons (Fsp3) is 0. The third kappa shape index (κ3) is 923. The topological polar surface area (TPSA) is 315 Å². The summed E-state index contributed by atoms with van der Waals surface area (Å²) in [6.45, 7) is 0. The molecule has 0 amide bonds. The lowest BCUT2D eigenvalue weighted by Gasteiger charge is -2.35. The zero-order valence-electron chi connectivity index (χ0n) is 8.53. The summed E-state index contributed by atoms with van der Waals surface area (Å²) in [5.41, 5.74) is 0. The molecule has 0 aromatic rings. The van der Waals surface area contributed by atoms with Crippen molar-refractivity contribution >= 4 is 13.5 Å². The highest BCUT2D eigenvalue weighted by atomic mass is 16.6. The Hall–Kier alpha value is -0.985. The molecule has 12 heteroatoms. The summed E-state index contributed by atoms with van der Waals surface area (Å²) in [4.78, 5) is 8.33. The number of carboxylic acid groups (broad SMARTS) is 2. The summed E-state index contributed by atoms with van der Waals surface area (Å²) in [6, 6.07) is 0. The summed E-state index contributed by atoms with van der Waals surface area (Å²) in [5, 5.41) is 41.9. The Labute approximate surface area is 75.5 Å². The molecule has 0 heterocycles. The fourth-order valence-corrected chi connectivity index (χ4v) is 0. The molecule has 0 aliphatic heterocycles. The van der Waals surface area contributed by atoms with Crippen LogP contribution in [0.15, 0.2) is 0 Å². The van der Waals surface area contributed by atoms with Gasteiger partial charge >= 0.3 is 0 Å². The van der Waals surface area contributed by atoms with Crippen LogP contribution in [-0.2, 0) is 0 Å². The molecule has 0 aromatic heterocycles. The molecule has 0 spiro atoms. The van der Waals surface area contributed by atoms with Gasteiger partial charge in [0.15, 0.2) is 0 Å². The smallest absolute Gasteiger partial charge is 0.0431 e. The number of carbonyl (C=O) groups excluding carboxylic acids is 1. The summed E-state index contributed by atoms with van der Waals surface area (Å²) in [7, 11) is -2.92. The van der Waals surface area contributed by atoms with E-state index in [1.165, 1.54) is 0 Å². The number of quaternary nitrogens is 5. The first-order valence-corrected chi connectivity index (χ1v) is 1.32. The first kappa shape index (κ1) is 58.0. The van der Waals surface area contributed by atoms with Crippen molar-refractivity contribution in [3.05, 3.63) is 0 Å². The Morgan fingerprint density at radius 1 is 0.769 bits per heavy atom. The van der Waals surface area contributed by atoms with Gasteiger partial charge in [0.05, 0.1) is 0 Å². The molecule has 0 aliphatic carbocycles. The van der Waals surface area contributed by atoms with Crippen LogP contribution in [0, 0.1) is 0 Å². The van der Waals surface area contributed by atoms with Gasteiger partial charge in [0.2, 0.25) is 0 Å². The molecule has 0 saturated heterocycles. The molecule has 0 radical (unpaired) electrons. The van der Waals surface area contributed by atoms with Gasteiger partial charge in [0.1, 0.15) is 0 Å². The van der Waals surface area contributed by atoms with Crippen LogP contribution in [0.4, 0.5) is 4.79 Å². The highest BCUT2D eigenvalue weighted by molar-refractivity contribution is 6.24. The van der Waals surface area contributed by atoms with Crippen molar-refractivity contribution in [3.63, 3.8) is 0 Å². The first-order chi connectivity index (χ1) is 3.46. The molecule has 0 unspecified atom stereocenters. The Kier molecular flexibility index (Phi) is 196. The quantitative estimate of drug-likeness (QED) is 0.244. The van der Waals surface area contributed by atoms with E-state index in [-0.39, 0.29) is 30.8 Å². The summed E-state index contributed by atoms with van der Waals surface area (Å²) in [6.07, 6.45) is -2.33. The van der Waals surface area contributed by atoms with Crippen molar-refractivity contribution in [1.29, 1.82) is 0 Å². The molecule has 20 N–H and O–H groups in total. The van der Waals surface area contributed by atoms with Crippen LogP contribution in [-0.4, -0.2) is 13.5 Å². The predicted octanol–water partition coefficient (Wildman–Crippen LogP) is -4.51. The van der Waals surface area contributed by atoms with E-state index in [0.717, 1.165) is 0 Å². The average molecular weight is 209 g/mol. The van der Waals surface area contributed by atoms with Crippen molar-refractivity contribution in [2.75, 3.05) is 0 Å². The maximum Gasteiger partial charge on any atom is -0.0431 e. The van der Waals surface area contributed by atoms with Crippen LogP contribution in [0.5, 0.6) is 0 Å². The van der Waals surface area contributed by atoms with Crippen LogP contribution in [0.1, 0.15) is 0 Å². The van der Waals surface area contributed by atoms with Crippen LogP contribution < -0.4 is 56.0 Å². The lowest BCUT2D eigenvalue weighted by molar-refractivity contribution is -0.479. The molecule has 0 rings (SSSR count). The molecule has 0 aliphatic rings. The first-order valence-electron chi connectivity index (χ1n) is 1.32. The molecular formula is CH20BN5O6. The Morgan fingerprint density at radius 2 is 0.769 bits per heavy atom. The van der Waals surface area contributed by atoms with E-state index < -0.39 is 13.5 Å². The molecule has 0 saturated carbocycles. The van der Waals surface area contributed by atoms with E-state index in [4.69, 9.17) is 30.1 Å². The number of hydrogen-bond donors (Lipinski definition) is 5. The zero-order chi connectivity index (χ0) is 7.15. The monoisotopic (exact) mass is 209 g/mol. The van der Waals surface area contributed by atoms with Crippen molar-refractivity contribution in [2.45, 2.75) is 0 Å². The largest absolute Gasteiger partial charge is 0.907 e. The van der Waals surface area contributed by atoms with Gasteiger partial charge in [-0.1, -0.05) is 0 Å². The summed E-state index contributed by atoms with van der Waals surface area (Å²) in [5.74, 6) is 0. The molecule has 0 atom stereocenters. The van der Waals surface area contributed by atoms with E-state index in [9.17, 15) is 0 Å². The Balaban J connectivity index is -0.00000000800. The number of carbonyl (C=O) groups is 1. The number of hydrogen-bond acceptors (Lipinski definition) is 6. The van der Waals surface area contributed by atoms with Crippen molar-refractivity contribution in [3.8, 4) is 0 Å². The van der Waals surface area contributed by atoms with Crippen LogP contribution in [0.3, 0.4) is 0 Å². The molecule has 13 heavy (non-hydrogen) atoms. The molecule has 0 bridgehead atoms. The second kappa shape index (κ2) is 43.9. The van der Waals surface area contributed by atoms with E-state index >= 15 is 0 Å². The van der Waals surface area contributed by atoms with E-state index in [2.05, 4.69) is 0 Å². The highest BCUT2D eigenvalue weighted by Crippen LogP contribution is 1.21. The maximum atomic E-state index is 8.42. The lowest BCUT2D eigenvalue weighted by Crippen LogP contribution is -2.56. The Bertz CT molecular complexity index is 65.3. The third-order valence-electron chi connectivity index (χ3n) is 0. The Morgan fingerprint density at radius 3 is 0.769 bits per heavy atom. The molecule has 88 valence electrons. The number of rotatable bonds is 0. The molecular weight excluding hydrogens is 189 g/mol. The van der Waals surface area contributed by atoms with Gasteiger partial charge in [-0.05, 0) is 6.16 Å². The average Bonchev–Trinajstić information content (AvgIpc) is 1.25. The lowest BCUT2D eigenvalue weighted by atomic mass is 10.3.